The van der Waals surface area contributed by atoms with Crippen LogP contribution in [0.1, 0.15) is 22.3 Å². The first-order chi connectivity index (χ1) is 9.70. The van der Waals surface area contributed by atoms with E-state index in [1.807, 2.05) is 18.2 Å². The topological polar surface area (TPSA) is 42.7 Å². The number of methoxy groups -OCH3 is 1. The summed E-state index contributed by atoms with van der Waals surface area (Å²) in [4.78, 5) is 14.4. The summed E-state index contributed by atoms with van der Waals surface area (Å²) < 4.78 is 10.9. The molecule has 0 radical (unpaired) electrons. The van der Waals surface area contributed by atoms with Crippen LogP contribution in [0.4, 0.5) is 5.69 Å². The van der Waals surface area contributed by atoms with Gasteiger partial charge in [-0.25, -0.2) is 0 Å². The van der Waals surface area contributed by atoms with Gasteiger partial charge in [0.2, 0.25) is 0 Å². The Bertz CT molecular complexity index is 650. The van der Waals surface area contributed by atoms with Crippen LogP contribution in [0, 0.1) is 0 Å². The molecule has 1 aromatic carbocycles. The van der Waals surface area contributed by atoms with Crippen LogP contribution in [-0.2, 0) is 6.42 Å². The fraction of sp³-hybridized carbons (Fsp3) is 0.267. The van der Waals surface area contributed by atoms with Gasteiger partial charge in [-0.1, -0.05) is 0 Å². The summed E-state index contributed by atoms with van der Waals surface area (Å²) in [5.41, 5.74) is 2.65. The van der Waals surface area contributed by atoms with Crippen molar-refractivity contribution in [1.82, 2.24) is 0 Å². The highest BCUT2D eigenvalue weighted by Crippen LogP contribution is 2.32. The minimum atomic E-state index is -0.0447. The summed E-state index contributed by atoms with van der Waals surface area (Å²) >= 11 is 3.26. The van der Waals surface area contributed by atoms with E-state index < -0.39 is 0 Å². The maximum atomic E-state index is 12.6. The van der Waals surface area contributed by atoms with Gasteiger partial charge in [0.1, 0.15) is 5.75 Å². The number of anilines is 1. The van der Waals surface area contributed by atoms with Crippen molar-refractivity contribution < 1.29 is 13.9 Å². The Labute approximate surface area is 125 Å². The van der Waals surface area contributed by atoms with Crippen molar-refractivity contribution in [2.45, 2.75) is 12.8 Å². The molecule has 5 heteroatoms. The quantitative estimate of drug-likeness (QED) is 0.841. The van der Waals surface area contributed by atoms with E-state index in [0.29, 0.717) is 10.2 Å². The molecule has 3 rings (SSSR count). The molecule has 1 aromatic heterocycles. The lowest BCUT2D eigenvalue weighted by Crippen LogP contribution is -2.35. The lowest BCUT2D eigenvalue weighted by molar-refractivity contribution is 0.0983. The van der Waals surface area contributed by atoms with E-state index in [-0.39, 0.29) is 5.91 Å². The minimum absolute atomic E-state index is 0.0447. The van der Waals surface area contributed by atoms with Crippen LogP contribution in [0.2, 0.25) is 0 Å². The van der Waals surface area contributed by atoms with Gasteiger partial charge < -0.3 is 14.1 Å². The number of furan rings is 1. The summed E-state index contributed by atoms with van der Waals surface area (Å²) in [5.74, 6) is 0.777. The van der Waals surface area contributed by atoms with Gasteiger partial charge in [0.05, 0.1) is 18.9 Å². The molecule has 0 N–H and O–H groups in total. The second-order valence-electron chi connectivity index (χ2n) is 4.66. The predicted molar refractivity (Wildman–Crippen MR) is 79.4 cm³/mol. The third kappa shape index (κ3) is 2.22. The number of rotatable bonds is 2. The van der Waals surface area contributed by atoms with Crippen molar-refractivity contribution in [3.63, 3.8) is 0 Å². The van der Waals surface area contributed by atoms with Gasteiger partial charge in [0.25, 0.3) is 5.91 Å². The van der Waals surface area contributed by atoms with Crippen molar-refractivity contribution in [3.05, 3.63) is 46.3 Å². The Balaban J connectivity index is 1.98. The standard InChI is InChI=1S/C15H14BrNO3/c1-19-11-4-5-13-10(9-11)3-2-7-17(13)15(18)12-6-8-20-14(12)16/h4-6,8-9H,2-3,7H2,1H3. The van der Waals surface area contributed by atoms with Crippen LogP contribution in [-0.4, -0.2) is 19.6 Å². The van der Waals surface area contributed by atoms with E-state index in [4.69, 9.17) is 9.15 Å². The highest BCUT2D eigenvalue weighted by atomic mass is 79.9. The van der Waals surface area contributed by atoms with Gasteiger partial charge in [0.15, 0.2) is 4.67 Å². The molecule has 0 aliphatic carbocycles. The second kappa shape index (κ2) is 5.32. The van der Waals surface area contributed by atoms with E-state index in [0.717, 1.165) is 36.4 Å². The minimum Gasteiger partial charge on any atom is -0.497 e. The molecule has 4 nitrogen and oxygen atoms in total. The average Bonchev–Trinajstić information content (AvgIpc) is 2.91. The van der Waals surface area contributed by atoms with Crippen LogP contribution in [0.25, 0.3) is 0 Å². The van der Waals surface area contributed by atoms with Crippen LogP contribution in [0.5, 0.6) is 5.75 Å². The number of fused-ring (bicyclic) bond motifs is 1. The zero-order chi connectivity index (χ0) is 14.1. The Morgan fingerprint density at radius 3 is 2.95 bits per heavy atom. The first-order valence-corrected chi connectivity index (χ1v) is 7.22. The molecule has 1 amide bonds. The number of hydrogen-bond donors (Lipinski definition) is 0. The van der Waals surface area contributed by atoms with E-state index >= 15 is 0 Å². The number of ether oxygens (including phenoxy) is 1. The smallest absolute Gasteiger partial charge is 0.262 e. The summed E-state index contributed by atoms with van der Waals surface area (Å²) in [6.45, 7) is 0.718. The summed E-state index contributed by atoms with van der Waals surface area (Å²) in [7, 11) is 1.65. The molecule has 20 heavy (non-hydrogen) atoms. The molecule has 0 bridgehead atoms. The fourth-order valence-corrected chi connectivity index (χ4v) is 2.91. The number of aryl methyl sites for hydroxylation is 1. The van der Waals surface area contributed by atoms with Crippen LogP contribution in [0.3, 0.4) is 0 Å². The average molecular weight is 336 g/mol. The van der Waals surface area contributed by atoms with Crippen molar-refractivity contribution in [2.75, 3.05) is 18.6 Å². The van der Waals surface area contributed by atoms with Crippen LogP contribution < -0.4 is 9.64 Å². The molecular formula is C15H14BrNO3. The summed E-state index contributed by atoms with van der Waals surface area (Å²) in [6, 6.07) is 7.51. The highest BCUT2D eigenvalue weighted by Gasteiger charge is 2.26. The number of halogens is 1. The predicted octanol–water partition coefficient (Wildman–Crippen LogP) is 3.64. The van der Waals surface area contributed by atoms with Gasteiger partial charge in [-0.05, 0) is 58.6 Å². The third-order valence-electron chi connectivity index (χ3n) is 3.50. The fourth-order valence-electron chi connectivity index (χ4n) is 2.50. The maximum absolute atomic E-state index is 12.6. The van der Waals surface area contributed by atoms with E-state index in [9.17, 15) is 4.79 Å². The van der Waals surface area contributed by atoms with Gasteiger partial charge in [-0.15, -0.1) is 0 Å². The van der Waals surface area contributed by atoms with E-state index in [1.165, 1.54) is 6.26 Å². The number of amides is 1. The molecule has 0 spiro atoms. The van der Waals surface area contributed by atoms with Crippen molar-refractivity contribution in [2.24, 2.45) is 0 Å². The van der Waals surface area contributed by atoms with Gasteiger partial charge in [-0.2, -0.15) is 0 Å². The van der Waals surface area contributed by atoms with Gasteiger partial charge in [0, 0.05) is 12.2 Å². The lowest BCUT2D eigenvalue weighted by Gasteiger charge is -2.29. The third-order valence-corrected chi connectivity index (χ3v) is 4.11. The molecule has 104 valence electrons. The number of carbonyl (C=O) groups is 1. The largest absolute Gasteiger partial charge is 0.497 e. The Morgan fingerprint density at radius 2 is 2.25 bits per heavy atom. The summed E-state index contributed by atoms with van der Waals surface area (Å²) in [5, 5.41) is 0. The number of carbonyl (C=O) groups excluding carboxylic acids is 1. The molecule has 0 saturated heterocycles. The SMILES string of the molecule is COc1ccc2c(c1)CCCN2C(=O)c1ccoc1Br. The van der Waals surface area contributed by atoms with Crippen molar-refractivity contribution in [3.8, 4) is 5.75 Å². The molecule has 0 saturated carbocycles. The van der Waals surface area contributed by atoms with Crippen molar-refractivity contribution >= 4 is 27.5 Å². The zero-order valence-electron chi connectivity index (χ0n) is 11.1. The maximum Gasteiger partial charge on any atom is 0.262 e. The van der Waals surface area contributed by atoms with E-state index in [1.54, 1.807) is 18.1 Å². The molecule has 1 aliphatic heterocycles. The molecule has 1 aliphatic rings. The molecule has 0 fully saturated rings. The zero-order valence-corrected chi connectivity index (χ0v) is 12.6. The molecular weight excluding hydrogens is 322 g/mol. The van der Waals surface area contributed by atoms with Gasteiger partial charge in [-0.3, -0.25) is 4.79 Å². The monoisotopic (exact) mass is 335 g/mol. The molecule has 2 aromatic rings. The summed E-state index contributed by atoms with van der Waals surface area (Å²) in [6.07, 6.45) is 3.42. The van der Waals surface area contributed by atoms with Crippen molar-refractivity contribution in [1.29, 1.82) is 0 Å². The Morgan fingerprint density at radius 1 is 1.40 bits per heavy atom. The number of hydrogen-bond acceptors (Lipinski definition) is 3. The second-order valence-corrected chi connectivity index (χ2v) is 5.38. The molecule has 0 unspecified atom stereocenters. The van der Waals surface area contributed by atoms with Gasteiger partial charge >= 0.3 is 0 Å². The lowest BCUT2D eigenvalue weighted by atomic mass is 10.0. The molecule has 0 atom stereocenters. The van der Waals surface area contributed by atoms with E-state index in [2.05, 4.69) is 15.9 Å². The first-order valence-electron chi connectivity index (χ1n) is 6.42. The Hall–Kier alpha value is -1.75. The Kier molecular flexibility index (Phi) is 3.53. The molecule has 2 heterocycles. The highest BCUT2D eigenvalue weighted by molar-refractivity contribution is 9.10. The number of benzene rings is 1. The van der Waals surface area contributed by atoms with Crippen LogP contribution >= 0.6 is 15.9 Å². The number of nitrogens with zero attached hydrogens (tertiary/aromatic N) is 1. The normalized spacial score (nSPS) is 14.0. The first kappa shape index (κ1) is 13.2. The van der Waals surface area contributed by atoms with Crippen LogP contribution in [0.15, 0.2) is 39.6 Å².